The number of carboxylic acids is 1. The minimum absolute atomic E-state index is 0.0398. The van der Waals surface area contributed by atoms with Gasteiger partial charge >= 0.3 is 17.9 Å². The highest BCUT2D eigenvalue weighted by molar-refractivity contribution is 5.87. The highest BCUT2D eigenvalue weighted by Gasteiger charge is 2.81. The predicted molar refractivity (Wildman–Crippen MR) is 152 cm³/mol. The van der Waals surface area contributed by atoms with Crippen LogP contribution in [0.25, 0.3) is 0 Å². The first kappa shape index (κ1) is 33.3. The van der Waals surface area contributed by atoms with E-state index in [0.717, 1.165) is 11.1 Å². The monoisotopic (exact) mass is 606 g/mol. The van der Waals surface area contributed by atoms with Crippen molar-refractivity contribution in [2.24, 2.45) is 22.7 Å². The molecule has 3 fully saturated rings. The molecule has 0 amide bonds. The molecular formula is C32H46O11. The number of carbonyl (C=O) groups is 4. The Morgan fingerprint density at radius 3 is 2.30 bits per heavy atom. The van der Waals surface area contributed by atoms with Gasteiger partial charge in [-0.1, -0.05) is 38.0 Å². The summed E-state index contributed by atoms with van der Waals surface area (Å²) in [4.78, 5) is 49.1. The summed E-state index contributed by atoms with van der Waals surface area (Å²) in [5.74, 6) is -3.57. The van der Waals surface area contributed by atoms with Crippen molar-refractivity contribution < 1.29 is 53.8 Å². The molecule has 240 valence electrons. The van der Waals surface area contributed by atoms with Gasteiger partial charge in [0.05, 0.1) is 5.41 Å². The van der Waals surface area contributed by atoms with Crippen molar-refractivity contribution in [2.45, 2.75) is 115 Å². The van der Waals surface area contributed by atoms with Crippen molar-refractivity contribution >= 4 is 23.7 Å². The Morgan fingerprint density at radius 2 is 1.70 bits per heavy atom. The van der Waals surface area contributed by atoms with Crippen LogP contribution in [0.1, 0.15) is 86.5 Å². The Kier molecular flexibility index (Phi) is 8.82. The molecule has 0 aromatic rings. The number of rotatable bonds is 9. The van der Waals surface area contributed by atoms with Gasteiger partial charge in [0.15, 0.2) is 5.78 Å². The summed E-state index contributed by atoms with van der Waals surface area (Å²) in [5, 5.41) is 45.6. The average Bonchev–Trinajstić information content (AvgIpc) is 3.14. The molecule has 0 saturated heterocycles. The van der Waals surface area contributed by atoms with Gasteiger partial charge in [-0.3, -0.25) is 4.79 Å². The van der Waals surface area contributed by atoms with E-state index in [2.05, 4.69) is 0 Å². The van der Waals surface area contributed by atoms with Crippen LogP contribution >= 0.6 is 0 Å². The first-order chi connectivity index (χ1) is 19.9. The number of esters is 2. The number of hydrogen-bond donors (Lipinski definition) is 4. The Labute approximate surface area is 252 Å². The van der Waals surface area contributed by atoms with Crippen molar-refractivity contribution in [3.63, 3.8) is 0 Å². The topological polar surface area (TPSA) is 177 Å². The van der Waals surface area contributed by atoms with E-state index in [9.17, 15) is 34.5 Å². The normalized spacial score (nSPS) is 40.6. The largest absolute Gasteiger partial charge is 0.480 e. The zero-order chi connectivity index (χ0) is 32.2. The lowest BCUT2D eigenvalue weighted by Crippen LogP contribution is -2.78. The molecule has 0 aromatic carbocycles. The Bertz CT molecular complexity index is 1240. The third kappa shape index (κ3) is 5.15. The van der Waals surface area contributed by atoms with Gasteiger partial charge in [0.1, 0.15) is 42.2 Å². The van der Waals surface area contributed by atoms with E-state index in [1.807, 2.05) is 33.8 Å². The zero-order valence-electron chi connectivity index (χ0n) is 26.0. The number of carbonyl (C=O) groups excluding carboxylic acids is 3. The number of Topliss-reactive ketones (excluding diaryl/α,β-unsaturated/α-hetero) is 1. The van der Waals surface area contributed by atoms with Crippen molar-refractivity contribution in [2.75, 3.05) is 13.2 Å². The van der Waals surface area contributed by atoms with Crippen LogP contribution in [0.5, 0.6) is 0 Å². The molecule has 0 unspecified atom stereocenters. The average molecular weight is 607 g/mol. The molecule has 4 aliphatic rings. The smallest absolute Gasteiger partial charge is 0.332 e. The number of hydrogen-bond acceptors (Lipinski definition) is 10. The van der Waals surface area contributed by atoms with E-state index in [0.29, 0.717) is 19.3 Å². The summed E-state index contributed by atoms with van der Waals surface area (Å²) >= 11 is 0. The number of fused-ring (bicyclic) bond motifs is 5. The minimum Gasteiger partial charge on any atom is -0.480 e. The number of ether oxygens (including phenoxy) is 3. The third-order valence-electron chi connectivity index (χ3n) is 11.4. The van der Waals surface area contributed by atoms with Crippen LogP contribution in [-0.4, -0.2) is 86.3 Å². The zero-order valence-corrected chi connectivity index (χ0v) is 26.0. The second-order valence-electron chi connectivity index (χ2n) is 13.8. The van der Waals surface area contributed by atoms with E-state index in [4.69, 9.17) is 19.3 Å². The molecule has 0 spiro atoms. The maximum absolute atomic E-state index is 13.2. The molecule has 11 nitrogen and oxygen atoms in total. The van der Waals surface area contributed by atoms with Gasteiger partial charge in [-0.15, -0.1) is 0 Å². The molecule has 43 heavy (non-hydrogen) atoms. The van der Waals surface area contributed by atoms with Crippen molar-refractivity contribution in [3.05, 3.63) is 23.3 Å². The number of aliphatic carboxylic acids is 1. The quantitative estimate of drug-likeness (QED) is 0.172. The molecule has 0 radical (unpaired) electrons. The Balaban J connectivity index is 1.68. The summed E-state index contributed by atoms with van der Waals surface area (Å²) in [6, 6.07) is 0. The van der Waals surface area contributed by atoms with Crippen LogP contribution in [0, 0.1) is 22.7 Å². The number of carboxylic acid groups (broad SMARTS) is 1. The minimum atomic E-state index is -2.02. The number of aliphatic hydroxyl groups is 3. The van der Waals surface area contributed by atoms with Gasteiger partial charge in [-0.2, -0.15) is 0 Å². The first-order valence-corrected chi connectivity index (χ1v) is 15.1. The van der Waals surface area contributed by atoms with E-state index in [1.54, 1.807) is 6.92 Å². The molecule has 8 atom stereocenters. The summed E-state index contributed by atoms with van der Waals surface area (Å²) in [6.45, 7) is 9.40. The molecule has 0 aromatic heterocycles. The van der Waals surface area contributed by atoms with Gasteiger partial charge in [0, 0.05) is 18.4 Å². The van der Waals surface area contributed by atoms with E-state index in [1.165, 1.54) is 13.0 Å². The Morgan fingerprint density at radius 1 is 1.02 bits per heavy atom. The summed E-state index contributed by atoms with van der Waals surface area (Å²) in [6.07, 6.45) is 3.00. The molecule has 11 heteroatoms. The van der Waals surface area contributed by atoms with Crippen molar-refractivity contribution in [3.8, 4) is 0 Å². The fraction of sp³-hybridized carbons (Fsp3) is 0.750. The van der Waals surface area contributed by atoms with E-state index >= 15 is 0 Å². The second-order valence-corrected chi connectivity index (χ2v) is 13.8. The third-order valence-corrected chi connectivity index (χ3v) is 11.4. The lowest BCUT2D eigenvalue weighted by atomic mass is 9.42. The highest BCUT2D eigenvalue weighted by atomic mass is 16.6. The van der Waals surface area contributed by atoms with E-state index < -0.39 is 82.7 Å². The van der Waals surface area contributed by atoms with Crippen LogP contribution in [0.2, 0.25) is 0 Å². The van der Waals surface area contributed by atoms with Gasteiger partial charge in [0.2, 0.25) is 0 Å². The maximum Gasteiger partial charge on any atom is 0.332 e. The van der Waals surface area contributed by atoms with Gasteiger partial charge in [-0.25, -0.2) is 14.4 Å². The molecule has 3 saturated carbocycles. The Hall–Kier alpha value is -2.60. The lowest BCUT2D eigenvalue weighted by Gasteiger charge is -2.67. The highest BCUT2D eigenvalue weighted by Crippen LogP contribution is 2.71. The fourth-order valence-corrected chi connectivity index (χ4v) is 8.43. The molecule has 4 N–H and O–H groups in total. The molecule has 0 bridgehead atoms. The van der Waals surface area contributed by atoms with Gasteiger partial charge in [-0.05, 0) is 70.6 Å². The van der Waals surface area contributed by atoms with Crippen LogP contribution in [0.4, 0.5) is 0 Å². The molecule has 4 aliphatic carbocycles. The summed E-state index contributed by atoms with van der Waals surface area (Å²) in [7, 11) is 0. The van der Waals surface area contributed by atoms with Crippen LogP contribution in [0.15, 0.2) is 23.3 Å². The SMILES string of the molecule is CC(=O)[C@]1(O)CC[C@@]2(O)[C@]1(C)[C@H](OC(=O)/C=C(\C)C(C)C)C[C@@H]1[C@@]3(C)CC[C@H](OC(=O)COCC(=O)O)CC3=CC[C@]12O. The van der Waals surface area contributed by atoms with Gasteiger partial charge < -0.3 is 34.6 Å². The van der Waals surface area contributed by atoms with Gasteiger partial charge in [0.25, 0.3) is 0 Å². The van der Waals surface area contributed by atoms with Crippen molar-refractivity contribution in [1.82, 2.24) is 0 Å². The molecule has 0 aliphatic heterocycles. The maximum atomic E-state index is 13.2. The standard InChI is InChI=1S/C32H46O11/c1-18(2)19(3)13-26(36)43-24-15-23-28(5)9-8-22(42-27(37)17-41-16-25(34)35)14-21(28)7-10-31(23,39)32(40)12-11-30(38,20(4)33)29(24,32)6/h7,13,18,22-24,38-40H,8-12,14-17H2,1-6H3,(H,34,35)/b19-13+/t22-,23+,24+,28-,29+,30+,31-,32+/m0/s1. The van der Waals surface area contributed by atoms with Crippen LogP contribution in [-0.2, 0) is 33.4 Å². The summed E-state index contributed by atoms with van der Waals surface area (Å²) in [5.41, 5.74) is -6.34. The van der Waals surface area contributed by atoms with Crippen LogP contribution in [0.3, 0.4) is 0 Å². The second kappa shape index (κ2) is 11.4. The molecular weight excluding hydrogens is 560 g/mol. The fourth-order valence-electron chi connectivity index (χ4n) is 8.43. The summed E-state index contributed by atoms with van der Waals surface area (Å²) < 4.78 is 16.4. The predicted octanol–water partition coefficient (Wildman–Crippen LogP) is 2.64. The number of allylic oxidation sites excluding steroid dienone is 1. The first-order valence-electron chi connectivity index (χ1n) is 15.1. The number of ketones is 1. The lowest BCUT2D eigenvalue weighted by molar-refractivity contribution is -0.314. The van der Waals surface area contributed by atoms with Crippen LogP contribution < -0.4 is 0 Å². The molecule has 4 rings (SSSR count). The van der Waals surface area contributed by atoms with E-state index in [-0.39, 0.29) is 31.6 Å². The van der Waals surface area contributed by atoms with Crippen molar-refractivity contribution in [1.29, 1.82) is 0 Å². The molecule has 0 heterocycles.